The van der Waals surface area contributed by atoms with Gasteiger partial charge in [0, 0.05) is 6.61 Å². The molecule has 1 aliphatic rings. The van der Waals surface area contributed by atoms with Gasteiger partial charge in [0.25, 0.3) is 0 Å². The summed E-state index contributed by atoms with van der Waals surface area (Å²) in [7, 11) is 0. The van der Waals surface area contributed by atoms with Crippen LogP contribution in [0.1, 0.15) is 18.9 Å². The lowest BCUT2D eigenvalue weighted by molar-refractivity contribution is 0.121. The van der Waals surface area contributed by atoms with Gasteiger partial charge in [-0.3, -0.25) is 0 Å². The first kappa shape index (κ1) is 10.4. The molecule has 0 unspecified atom stereocenters. The van der Waals surface area contributed by atoms with E-state index in [9.17, 15) is 4.39 Å². The van der Waals surface area contributed by atoms with E-state index in [2.05, 4.69) is 5.32 Å². The Hall–Kier alpha value is -1.09. The van der Waals surface area contributed by atoms with Gasteiger partial charge in [0.2, 0.25) is 0 Å². The Morgan fingerprint density at radius 3 is 2.93 bits per heavy atom. The zero-order chi connectivity index (χ0) is 10.8. The fourth-order valence-electron chi connectivity index (χ4n) is 1.87. The number of halogens is 1. The predicted octanol–water partition coefficient (Wildman–Crippen LogP) is 2.72. The largest absolute Gasteiger partial charge is 0.377 e. The van der Waals surface area contributed by atoms with Crippen LogP contribution in [-0.2, 0) is 4.74 Å². The van der Waals surface area contributed by atoms with Gasteiger partial charge in [-0.2, -0.15) is 0 Å². The molecule has 3 heteroatoms. The lowest BCUT2D eigenvalue weighted by Gasteiger charge is -2.18. The standard InChI is InChI=1S/C12H16FNO/c1-8-3-4-10(13)12(7-8)14-11-5-6-15-9(11)2/h3-4,7,9,11,14H,5-6H2,1-2H3/t9-,11-/m0/s1. The first-order valence-corrected chi connectivity index (χ1v) is 5.31. The summed E-state index contributed by atoms with van der Waals surface area (Å²) < 4.78 is 18.9. The van der Waals surface area contributed by atoms with Crippen LogP contribution in [-0.4, -0.2) is 18.8 Å². The number of benzene rings is 1. The van der Waals surface area contributed by atoms with E-state index in [4.69, 9.17) is 4.74 Å². The molecule has 0 saturated carbocycles. The average Bonchev–Trinajstić information content (AvgIpc) is 2.58. The Balaban J connectivity index is 2.12. The number of rotatable bonds is 2. The van der Waals surface area contributed by atoms with Gasteiger partial charge < -0.3 is 10.1 Å². The second kappa shape index (κ2) is 4.19. The van der Waals surface area contributed by atoms with Crippen molar-refractivity contribution in [2.45, 2.75) is 32.4 Å². The summed E-state index contributed by atoms with van der Waals surface area (Å²) in [6.07, 6.45) is 1.10. The normalized spacial score (nSPS) is 25.5. The third kappa shape index (κ3) is 2.29. The Labute approximate surface area is 89.4 Å². The van der Waals surface area contributed by atoms with Crippen LogP contribution in [0.5, 0.6) is 0 Å². The quantitative estimate of drug-likeness (QED) is 0.808. The number of anilines is 1. The van der Waals surface area contributed by atoms with Crippen LogP contribution in [0.3, 0.4) is 0 Å². The first-order valence-electron chi connectivity index (χ1n) is 5.31. The Morgan fingerprint density at radius 2 is 2.27 bits per heavy atom. The molecule has 0 amide bonds. The van der Waals surface area contributed by atoms with Crippen molar-refractivity contribution in [2.75, 3.05) is 11.9 Å². The van der Waals surface area contributed by atoms with E-state index in [-0.39, 0.29) is 18.0 Å². The van der Waals surface area contributed by atoms with E-state index in [1.165, 1.54) is 6.07 Å². The molecule has 1 N–H and O–H groups in total. The Morgan fingerprint density at radius 1 is 1.47 bits per heavy atom. The van der Waals surface area contributed by atoms with Crippen molar-refractivity contribution in [1.82, 2.24) is 0 Å². The topological polar surface area (TPSA) is 21.3 Å². The molecule has 0 radical (unpaired) electrons. The molecule has 82 valence electrons. The average molecular weight is 209 g/mol. The molecule has 2 atom stereocenters. The minimum Gasteiger partial charge on any atom is -0.377 e. The van der Waals surface area contributed by atoms with Crippen LogP contribution in [0, 0.1) is 12.7 Å². The van der Waals surface area contributed by atoms with E-state index >= 15 is 0 Å². The molecule has 1 aromatic rings. The molecule has 0 aromatic heterocycles. The summed E-state index contributed by atoms with van der Waals surface area (Å²) in [4.78, 5) is 0. The molecule has 0 aliphatic carbocycles. The second-order valence-corrected chi connectivity index (χ2v) is 4.10. The summed E-state index contributed by atoms with van der Waals surface area (Å²) in [6.45, 7) is 4.73. The van der Waals surface area contributed by atoms with Crippen molar-refractivity contribution in [2.24, 2.45) is 0 Å². The van der Waals surface area contributed by atoms with Crippen molar-refractivity contribution >= 4 is 5.69 Å². The molecule has 1 heterocycles. The molecule has 1 aliphatic heterocycles. The monoisotopic (exact) mass is 209 g/mol. The van der Waals surface area contributed by atoms with Crippen molar-refractivity contribution in [1.29, 1.82) is 0 Å². The first-order chi connectivity index (χ1) is 7.16. The van der Waals surface area contributed by atoms with Crippen LogP contribution >= 0.6 is 0 Å². The van der Waals surface area contributed by atoms with E-state index < -0.39 is 0 Å². The maximum atomic E-state index is 13.4. The maximum Gasteiger partial charge on any atom is 0.146 e. The zero-order valence-corrected chi connectivity index (χ0v) is 9.09. The number of aryl methyl sites for hydroxylation is 1. The molecule has 0 spiro atoms. The van der Waals surface area contributed by atoms with Gasteiger partial charge >= 0.3 is 0 Å². The Kier molecular flexibility index (Phi) is 2.91. The SMILES string of the molecule is Cc1ccc(F)c(N[C@H]2CCO[C@H]2C)c1. The van der Waals surface area contributed by atoms with Gasteiger partial charge in [-0.15, -0.1) is 0 Å². The van der Waals surface area contributed by atoms with Crippen LogP contribution in [0.15, 0.2) is 18.2 Å². The summed E-state index contributed by atoms with van der Waals surface area (Å²) in [5.41, 5.74) is 1.64. The summed E-state index contributed by atoms with van der Waals surface area (Å²) in [5, 5.41) is 3.20. The molecule has 2 nitrogen and oxygen atoms in total. The molecule has 2 rings (SSSR count). The maximum absolute atomic E-state index is 13.4. The molecule has 0 bridgehead atoms. The van der Waals surface area contributed by atoms with Crippen molar-refractivity contribution in [3.63, 3.8) is 0 Å². The number of hydrogen-bond donors (Lipinski definition) is 1. The number of hydrogen-bond acceptors (Lipinski definition) is 2. The van der Waals surface area contributed by atoms with Crippen LogP contribution in [0.4, 0.5) is 10.1 Å². The smallest absolute Gasteiger partial charge is 0.146 e. The fraction of sp³-hybridized carbons (Fsp3) is 0.500. The van der Waals surface area contributed by atoms with Crippen LogP contribution < -0.4 is 5.32 Å². The highest BCUT2D eigenvalue weighted by Gasteiger charge is 2.24. The van der Waals surface area contributed by atoms with Gasteiger partial charge in [0.1, 0.15) is 5.82 Å². The van der Waals surface area contributed by atoms with Crippen LogP contribution in [0.25, 0.3) is 0 Å². The molecule has 1 saturated heterocycles. The zero-order valence-electron chi connectivity index (χ0n) is 9.09. The van der Waals surface area contributed by atoms with E-state index in [1.54, 1.807) is 6.07 Å². The van der Waals surface area contributed by atoms with Crippen molar-refractivity contribution < 1.29 is 9.13 Å². The number of nitrogens with one attached hydrogen (secondary N) is 1. The lowest BCUT2D eigenvalue weighted by Crippen LogP contribution is -2.27. The summed E-state index contributed by atoms with van der Waals surface area (Å²) in [5.74, 6) is -0.195. The number of ether oxygens (including phenoxy) is 1. The minimum atomic E-state index is -0.195. The third-order valence-corrected chi connectivity index (χ3v) is 2.84. The van der Waals surface area contributed by atoms with Gasteiger partial charge in [-0.1, -0.05) is 6.07 Å². The Bertz CT molecular complexity index is 353. The molecule has 1 aromatic carbocycles. The lowest BCUT2D eigenvalue weighted by atomic mass is 10.1. The van der Waals surface area contributed by atoms with Gasteiger partial charge in [0.05, 0.1) is 17.8 Å². The summed E-state index contributed by atoms with van der Waals surface area (Å²) >= 11 is 0. The van der Waals surface area contributed by atoms with Crippen molar-refractivity contribution in [3.8, 4) is 0 Å². The summed E-state index contributed by atoms with van der Waals surface area (Å²) in [6, 6.07) is 5.33. The second-order valence-electron chi connectivity index (χ2n) is 4.10. The van der Waals surface area contributed by atoms with Crippen molar-refractivity contribution in [3.05, 3.63) is 29.6 Å². The fourth-order valence-corrected chi connectivity index (χ4v) is 1.87. The van der Waals surface area contributed by atoms with Gasteiger partial charge in [-0.25, -0.2) is 4.39 Å². The molecule has 1 fully saturated rings. The van der Waals surface area contributed by atoms with E-state index in [1.807, 2.05) is 19.9 Å². The third-order valence-electron chi connectivity index (χ3n) is 2.84. The van der Waals surface area contributed by atoms with Crippen LogP contribution in [0.2, 0.25) is 0 Å². The van der Waals surface area contributed by atoms with E-state index in [0.717, 1.165) is 18.6 Å². The molecule has 15 heavy (non-hydrogen) atoms. The van der Waals surface area contributed by atoms with E-state index in [0.29, 0.717) is 5.69 Å². The highest BCUT2D eigenvalue weighted by Crippen LogP contribution is 2.22. The molecular formula is C12H16FNO. The minimum absolute atomic E-state index is 0.157. The van der Waals surface area contributed by atoms with Gasteiger partial charge in [0.15, 0.2) is 0 Å². The molecular weight excluding hydrogens is 193 g/mol. The highest BCUT2D eigenvalue weighted by molar-refractivity contribution is 5.48. The van der Waals surface area contributed by atoms with Gasteiger partial charge in [-0.05, 0) is 38.0 Å². The highest BCUT2D eigenvalue weighted by atomic mass is 19.1. The predicted molar refractivity (Wildman–Crippen MR) is 58.6 cm³/mol.